The molecule has 4 heteroatoms. The molecule has 2 aromatic rings. The number of pyridine rings is 1. The third kappa shape index (κ3) is 4.39. The molecule has 0 aliphatic rings. The second kappa shape index (κ2) is 7.93. The van der Waals surface area contributed by atoms with E-state index in [2.05, 4.69) is 41.5 Å². The average Bonchev–Trinajstić information content (AvgIpc) is 2.93. The summed E-state index contributed by atoms with van der Waals surface area (Å²) in [5.74, 6) is 0. The van der Waals surface area contributed by atoms with Crippen molar-refractivity contribution in [2.75, 3.05) is 6.54 Å². The van der Waals surface area contributed by atoms with Crippen molar-refractivity contribution in [2.45, 2.75) is 45.6 Å². The van der Waals surface area contributed by atoms with Crippen molar-refractivity contribution in [3.8, 4) is 0 Å². The standard InChI is InChI=1S/C17H26N4/c1-4-9-19-17(7-6-14-11-20-21(3)13-14)16-8-10-18-12-15(16)5-2/h8,10-13,17,19H,4-7,9H2,1-3H3. The van der Waals surface area contributed by atoms with Crippen LogP contribution in [0.1, 0.15) is 49.4 Å². The Balaban J connectivity index is 2.09. The van der Waals surface area contributed by atoms with Gasteiger partial charge in [-0.15, -0.1) is 0 Å². The van der Waals surface area contributed by atoms with Crippen LogP contribution in [0.3, 0.4) is 0 Å². The molecule has 0 fully saturated rings. The first-order valence-electron chi connectivity index (χ1n) is 7.88. The van der Waals surface area contributed by atoms with Crippen LogP contribution in [0, 0.1) is 0 Å². The van der Waals surface area contributed by atoms with Crippen LogP contribution in [0.15, 0.2) is 30.9 Å². The molecule has 1 N–H and O–H groups in total. The van der Waals surface area contributed by atoms with E-state index in [4.69, 9.17) is 0 Å². The smallest absolute Gasteiger partial charge is 0.0521 e. The van der Waals surface area contributed by atoms with Crippen molar-refractivity contribution >= 4 is 0 Å². The average molecular weight is 286 g/mol. The lowest BCUT2D eigenvalue weighted by Crippen LogP contribution is -2.24. The number of rotatable bonds is 8. The summed E-state index contributed by atoms with van der Waals surface area (Å²) in [4.78, 5) is 4.26. The van der Waals surface area contributed by atoms with Crippen LogP contribution in [0.25, 0.3) is 0 Å². The molecule has 0 aliphatic heterocycles. The number of nitrogens with zero attached hydrogens (tertiary/aromatic N) is 3. The maximum atomic E-state index is 4.26. The minimum absolute atomic E-state index is 0.392. The summed E-state index contributed by atoms with van der Waals surface area (Å²) in [6.07, 6.45) is 12.3. The van der Waals surface area contributed by atoms with Gasteiger partial charge in [0.15, 0.2) is 0 Å². The molecular formula is C17H26N4. The third-order valence-electron chi connectivity index (χ3n) is 3.82. The number of aryl methyl sites for hydroxylation is 3. The van der Waals surface area contributed by atoms with Gasteiger partial charge in [0.2, 0.25) is 0 Å². The van der Waals surface area contributed by atoms with Crippen LogP contribution in [-0.4, -0.2) is 21.3 Å². The van der Waals surface area contributed by atoms with Crippen molar-refractivity contribution < 1.29 is 0 Å². The first-order valence-corrected chi connectivity index (χ1v) is 7.88. The molecule has 2 aromatic heterocycles. The zero-order valence-corrected chi connectivity index (χ0v) is 13.3. The van der Waals surface area contributed by atoms with Gasteiger partial charge in [0, 0.05) is 31.7 Å². The van der Waals surface area contributed by atoms with Gasteiger partial charge >= 0.3 is 0 Å². The molecule has 2 heterocycles. The first kappa shape index (κ1) is 15.7. The Bertz CT molecular complexity index is 547. The Morgan fingerprint density at radius 3 is 2.81 bits per heavy atom. The van der Waals surface area contributed by atoms with E-state index in [9.17, 15) is 0 Å². The lowest BCUT2D eigenvalue weighted by atomic mass is 9.96. The Hall–Kier alpha value is -1.68. The lowest BCUT2D eigenvalue weighted by molar-refractivity contribution is 0.495. The SMILES string of the molecule is CCCNC(CCc1cnn(C)c1)c1ccncc1CC. The van der Waals surface area contributed by atoms with Gasteiger partial charge in [-0.2, -0.15) is 5.10 Å². The number of hydrogen-bond donors (Lipinski definition) is 1. The van der Waals surface area contributed by atoms with Gasteiger partial charge in [0.05, 0.1) is 6.20 Å². The molecule has 0 saturated heterocycles. The quantitative estimate of drug-likeness (QED) is 0.811. The molecule has 0 bridgehead atoms. The van der Waals surface area contributed by atoms with E-state index in [0.717, 1.165) is 32.2 Å². The van der Waals surface area contributed by atoms with E-state index < -0.39 is 0 Å². The topological polar surface area (TPSA) is 42.7 Å². The van der Waals surface area contributed by atoms with Gasteiger partial charge in [-0.25, -0.2) is 0 Å². The highest BCUT2D eigenvalue weighted by atomic mass is 15.2. The van der Waals surface area contributed by atoms with Gasteiger partial charge in [-0.05, 0) is 55.0 Å². The van der Waals surface area contributed by atoms with Gasteiger partial charge < -0.3 is 5.32 Å². The second-order valence-electron chi connectivity index (χ2n) is 5.50. The summed E-state index contributed by atoms with van der Waals surface area (Å²) in [5, 5.41) is 7.93. The fourth-order valence-corrected chi connectivity index (χ4v) is 2.67. The maximum absolute atomic E-state index is 4.26. The molecule has 4 nitrogen and oxygen atoms in total. The van der Waals surface area contributed by atoms with E-state index in [0.29, 0.717) is 6.04 Å². The number of hydrogen-bond acceptors (Lipinski definition) is 3. The molecule has 0 aromatic carbocycles. The van der Waals surface area contributed by atoms with E-state index in [1.54, 1.807) is 0 Å². The number of nitrogens with one attached hydrogen (secondary N) is 1. The summed E-state index contributed by atoms with van der Waals surface area (Å²) in [5.41, 5.74) is 4.04. The Kier molecular flexibility index (Phi) is 5.93. The van der Waals surface area contributed by atoms with Crippen molar-refractivity contribution in [2.24, 2.45) is 7.05 Å². The van der Waals surface area contributed by atoms with Gasteiger partial charge in [0.1, 0.15) is 0 Å². The molecule has 0 radical (unpaired) electrons. The lowest BCUT2D eigenvalue weighted by Gasteiger charge is -2.21. The van der Waals surface area contributed by atoms with Crippen LogP contribution < -0.4 is 5.32 Å². The minimum atomic E-state index is 0.392. The van der Waals surface area contributed by atoms with Crippen LogP contribution >= 0.6 is 0 Å². The van der Waals surface area contributed by atoms with Crippen molar-refractivity contribution in [3.63, 3.8) is 0 Å². The molecule has 1 unspecified atom stereocenters. The monoisotopic (exact) mass is 286 g/mol. The number of aromatic nitrogens is 3. The molecule has 0 saturated carbocycles. The van der Waals surface area contributed by atoms with E-state index in [1.807, 2.05) is 30.3 Å². The molecule has 2 rings (SSSR count). The summed E-state index contributed by atoms with van der Waals surface area (Å²) in [6.45, 7) is 5.44. The van der Waals surface area contributed by atoms with Crippen molar-refractivity contribution in [1.29, 1.82) is 0 Å². The summed E-state index contributed by atoms with van der Waals surface area (Å²) < 4.78 is 1.87. The van der Waals surface area contributed by atoms with Crippen molar-refractivity contribution in [1.82, 2.24) is 20.1 Å². The molecule has 1 atom stereocenters. The predicted molar refractivity (Wildman–Crippen MR) is 86.2 cm³/mol. The predicted octanol–water partition coefficient (Wildman–Crippen LogP) is 3.05. The normalized spacial score (nSPS) is 12.5. The molecule has 114 valence electrons. The summed E-state index contributed by atoms with van der Waals surface area (Å²) in [6, 6.07) is 2.55. The van der Waals surface area contributed by atoms with E-state index in [1.165, 1.54) is 16.7 Å². The largest absolute Gasteiger partial charge is 0.310 e. The van der Waals surface area contributed by atoms with Crippen molar-refractivity contribution in [3.05, 3.63) is 47.5 Å². The Morgan fingerprint density at radius 2 is 2.14 bits per heavy atom. The molecule has 0 amide bonds. The van der Waals surface area contributed by atoms with Gasteiger partial charge in [-0.3, -0.25) is 9.67 Å². The van der Waals surface area contributed by atoms with Crippen LogP contribution in [0.2, 0.25) is 0 Å². The fourth-order valence-electron chi connectivity index (χ4n) is 2.67. The molecule has 0 spiro atoms. The highest BCUT2D eigenvalue weighted by Crippen LogP contribution is 2.22. The third-order valence-corrected chi connectivity index (χ3v) is 3.82. The zero-order chi connectivity index (χ0) is 15.1. The highest BCUT2D eigenvalue weighted by Gasteiger charge is 2.14. The Morgan fingerprint density at radius 1 is 1.29 bits per heavy atom. The van der Waals surface area contributed by atoms with E-state index in [-0.39, 0.29) is 0 Å². The van der Waals surface area contributed by atoms with Crippen LogP contribution in [0.5, 0.6) is 0 Å². The Labute approximate surface area is 127 Å². The minimum Gasteiger partial charge on any atom is -0.310 e. The van der Waals surface area contributed by atoms with Gasteiger partial charge in [-0.1, -0.05) is 13.8 Å². The second-order valence-corrected chi connectivity index (χ2v) is 5.50. The summed E-state index contributed by atoms with van der Waals surface area (Å²) in [7, 11) is 1.97. The first-order chi connectivity index (χ1) is 10.2. The molecule has 21 heavy (non-hydrogen) atoms. The molecule has 0 aliphatic carbocycles. The van der Waals surface area contributed by atoms with Crippen LogP contribution in [-0.2, 0) is 19.9 Å². The van der Waals surface area contributed by atoms with E-state index >= 15 is 0 Å². The van der Waals surface area contributed by atoms with Gasteiger partial charge in [0.25, 0.3) is 0 Å². The van der Waals surface area contributed by atoms with Crippen LogP contribution in [0.4, 0.5) is 0 Å². The summed E-state index contributed by atoms with van der Waals surface area (Å²) >= 11 is 0. The maximum Gasteiger partial charge on any atom is 0.0521 e. The molecular weight excluding hydrogens is 260 g/mol. The zero-order valence-electron chi connectivity index (χ0n) is 13.3. The highest BCUT2D eigenvalue weighted by molar-refractivity contribution is 5.27. The fraction of sp³-hybridized carbons (Fsp3) is 0.529.